The first-order valence-electron chi connectivity index (χ1n) is 5.89. The van der Waals surface area contributed by atoms with Crippen LogP contribution in [0.1, 0.15) is 18.1 Å². The number of aliphatic hydroxyl groups is 1. The van der Waals surface area contributed by atoms with Crippen LogP contribution >= 0.6 is 0 Å². The third-order valence-electron chi connectivity index (χ3n) is 3.01. The van der Waals surface area contributed by atoms with E-state index in [1.807, 2.05) is 30.3 Å². The van der Waals surface area contributed by atoms with Gasteiger partial charge in [-0.15, -0.1) is 0 Å². The third-order valence-corrected chi connectivity index (χ3v) is 3.01. The monoisotopic (exact) mass is 232 g/mol. The van der Waals surface area contributed by atoms with Crippen LogP contribution in [0.4, 0.5) is 0 Å². The Labute approximate surface area is 105 Å². The van der Waals surface area contributed by atoms with Crippen molar-refractivity contribution in [3.05, 3.63) is 35.9 Å². The molecule has 1 atom stereocenters. The van der Waals surface area contributed by atoms with Crippen molar-refractivity contribution in [1.29, 1.82) is 0 Å². The first-order chi connectivity index (χ1) is 7.86. The predicted molar refractivity (Wildman–Crippen MR) is 69.0 cm³/mol. The van der Waals surface area contributed by atoms with Crippen LogP contribution in [0.15, 0.2) is 30.3 Å². The summed E-state index contributed by atoms with van der Waals surface area (Å²) in [6.07, 6.45) is 0.452. The lowest BCUT2D eigenvalue weighted by atomic mass is 10.1. The smallest absolute Gasteiger partial charge is 0.0802 e. The Morgan fingerprint density at radius 3 is 2.47 bits per heavy atom. The molecule has 1 aliphatic heterocycles. The first kappa shape index (κ1) is 14.2. The molecule has 1 saturated heterocycles. The summed E-state index contributed by atoms with van der Waals surface area (Å²) < 4.78 is 5.29. The summed E-state index contributed by atoms with van der Waals surface area (Å²) in [5.41, 5.74) is 1.01. The molecule has 1 N–H and O–H groups in total. The van der Waals surface area contributed by atoms with E-state index in [-0.39, 0.29) is 14.5 Å². The van der Waals surface area contributed by atoms with Gasteiger partial charge in [0.05, 0.1) is 19.3 Å². The van der Waals surface area contributed by atoms with E-state index in [2.05, 4.69) is 4.90 Å². The van der Waals surface area contributed by atoms with E-state index in [0.29, 0.717) is 0 Å². The zero-order valence-electron chi connectivity index (χ0n) is 10.1. The molecule has 1 aliphatic rings. The van der Waals surface area contributed by atoms with Gasteiger partial charge < -0.3 is 9.84 Å². The molecule has 91 valence electrons. The van der Waals surface area contributed by atoms with Crippen molar-refractivity contribution in [3.63, 3.8) is 0 Å². The van der Waals surface area contributed by atoms with Crippen molar-refractivity contribution in [2.75, 3.05) is 32.8 Å². The molecule has 3 nitrogen and oxygen atoms in total. The predicted octanol–water partition coefficient (Wildman–Crippen LogP) is 1.06. The Bertz CT molecular complexity index is 302. The Kier molecular flexibility index (Phi) is 6.26. The number of morpholine rings is 1. The van der Waals surface area contributed by atoms with E-state index < -0.39 is 0 Å². The summed E-state index contributed by atoms with van der Waals surface area (Å²) in [5.74, 6) is 0. The lowest BCUT2D eigenvalue weighted by molar-refractivity contribution is 0.0300. The van der Waals surface area contributed by atoms with Gasteiger partial charge in [-0.1, -0.05) is 30.3 Å². The van der Waals surface area contributed by atoms with E-state index in [1.165, 1.54) is 0 Å². The van der Waals surface area contributed by atoms with Crippen LogP contribution in [0.5, 0.6) is 0 Å². The topological polar surface area (TPSA) is 32.7 Å². The SMILES string of the molecule is O[C@H](CCN1CCOCC1)c1ccccc1.[B]. The lowest BCUT2D eigenvalue weighted by Crippen LogP contribution is -2.37. The van der Waals surface area contributed by atoms with Crippen molar-refractivity contribution >= 4 is 8.41 Å². The van der Waals surface area contributed by atoms with Gasteiger partial charge in [0.25, 0.3) is 0 Å². The van der Waals surface area contributed by atoms with Gasteiger partial charge >= 0.3 is 0 Å². The standard InChI is InChI=1S/C13H19NO2.B/c15-13(12-4-2-1-3-5-12)6-7-14-8-10-16-11-9-14;/h1-5,13,15H,6-11H2;/t13-;/m1./s1. The molecule has 1 heterocycles. The maximum Gasteiger partial charge on any atom is 0.0802 e. The highest BCUT2D eigenvalue weighted by molar-refractivity contribution is 5.75. The zero-order chi connectivity index (χ0) is 11.2. The van der Waals surface area contributed by atoms with Crippen molar-refractivity contribution in [2.24, 2.45) is 0 Å². The molecule has 0 saturated carbocycles. The largest absolute Gasteiger partial charge is 0.388 e. The molecule has 1 aromatic carbocycles. The quantitative estimate of drug-likeness (QED) is 0.788. The minimum absolute atomic E-state index is 0. The van der Waals surface area contributed by atoms with Crippen molar-refractivity contribution in [2.45, 2.75) is 12.5 Å². The zero-order valence-corrected chi connectivity index (χ0v) is 10.1. The number of rotatable bonds is 4. The Hall–Kier alpha value is -0.835. The highest BCUT2D eigenvalue weighted by Gasteiger charge is 2.13. The fourth-order valence-corrected chi connectivity index (χ4v) is 1.97. The number of hydrogen-bond donors (Lipinski definition) is 1. The van der Waals surface area contributed by atoms with Crippen molar-refractivity contribution in [3.8, 4) is 0 Å². The maximum absolute atomic E-state index is 9.99. The Morgan fingerprint density at radius 1 is 1.18 bits per heavy atom. The highest BCUT2D eigenvalue weighted by atomic mass is 16.5. The maximum atomic E-state index is 9.99. The second kappa shape index (κ2) is 7.48. The van der Waals surface area contributed by atoms with Crippen LogP contribution in [0.25, 0.3) is 0 Å². The third kappa shape index (κ3) is 4.50. The average Bonchev–Trinajstić information content (AvgIpc) is 2.38. The summed E-state index contributed by atoms with van der Waals surface area (Å²) in [6.45, 7) is 4.56. The number of ether oxygens (including phenoxy) is 1. The minimum Gasteiger partial charge on any atom is -0.388 e. The fourth-order valence-electron chi connectivity index (χ4n) is 1.97. The summed E-state index contributed by atoms with van der Waals surface area (Å²) >= 11 is 0. The number of benzene rings is 1. The minimum atomic E-state index is -0.343. The summed E-state index contributed by atoms with van der Waals surface area (Å²) in [5, 5.41) is 9.99. The van der Waals surface area contributed by atoms with Gasteiger partial charge in [0.1, 0.15) is 0 Å². The van der Waals surface area contributed by atoms with Gasteiger partial charge in [-0.25, -0.2) is 0 Å². The van der Waals surface area contributed by atoms with Gasteiger partial charge in [0, 0.05) is 28.0 Å². The first-order valence-corrected chi connectivity index (χ1v) is 5.89. The van der Waals surface area contributed by atoms with Crippen LogP contribution in [0.3, 0.4) is 0 Å². The molecular formula is C13H19BNO2. The summed E-state index contributed by atoms with van der Waals surface area (Å²) in [7, 11) is 0. The summed E-state index contributed by atoms with van der Waals surface area (Å²) in [6, 6.07) is 9.85. The molecule has 0 spiro atoms. The van der Waals surface area contributed by atoms with Gasteiger partial charge in [-0.05, 0) is 12.0 Å². The van der Waals surface area contributed by atoms with E-state index >= 15 is 0 Å². The molecule has 0 aliphatic carbocycles. The Morgan fingerprint density at radius 2 is 1.82 bits per heavy atom. The van der Waals surface area contributed by atoms with Crippen molar-refractivity contribution < 1.29 is 9.84 Å². The van der Waals surface area contributed by atoms with E-state index in [9.17, 15) is 5.11 Å². The average molecular weight is 232 g/mol. The van der Waals surface area contributed by atoms with Gasteiger partial charge in [0.15, 0.2) is 0 Å². The van der Waals surface area contributed by atoms with Crippen LogP contribution in [0.2, 0.25) is 0 Å². The highest BCUT2D eigenvalue weighted by Crippen LogP contribution is 2.16. The molecule has 0 unspecified atom stereocenters. The van der Waals surface area contributed by atoms with Crippen LogP contribution in [0, 0.1) is 0 Å². The fraction of sp³-hybridized carbons (Fsp3) is 0.538. The summed E-state index contributed by atoms with van der Waals surface area (Å²) in [4.78, 5) is 2.34. The number of hydrogen-bond acceptors (Lipinski definition) is 3. The normalized spacial score (nSPS) is 18.4. The van der Waals surface area contributed by atoms with E-state index in [0.717, 1.165) is 44.8 Å². The molecular weight excluding hydrogens is 213 g/mol. The Balaban J connectivity index is 0.00000144. The molecule has 0 aromatic heterocycles. The van der Waals surface area contributed by atoms with Crippen LogP contribution in [-0.2, 0) is 4.74 Å². The van der Waals surface area contributed by atoms with Gasteiger partial charge in [-0.3, -0.25) is 4.90 Å². The second-order valence-corrected chi connectivity index (χ2v) is 4.17. The second-order valence-electron chi connectivity index (χ2n) is 4.17. The van der Waals surface area contributed by atoms with Gasteiger partial charge in [0.2, 0.25) is 0 Å². The molecule has 17 heavy (non-hydrogen) atoms. The lowest BCUT2D eigenvalue weighted by Gasteiger charge is -2.27. The molecule has 0 bridgehead atoms. The molecule has 0 amide bonds. The molecule has 4 heteroatoms. The van der Waals surface area contributed by atoms with E-state index in [4.69, 9.17) is 4.74 Å². The van der Waals surface area contributed by atoms with Crippen molar-refractivity contribution in [1.82, 2.24) is 4.90 Å². The van der Waals surface area contributed by atoms with E-state index in [1.54, 1.807) is 0 Å². The molecule has 1 fully saturated rings. The number of aliphatic hydroxyl groups excluding tert-OH is 1. The van der Waals surface area contributed by atoms with Gasteiger partial charge in [-0.2, -0.15) is 0 Å². The molecule has 2 rings (SSSR count). The van der Waals surface area contributed by atoms with Crippen LogP contribution in [-0.4, -0.2) is 51.3 Å². The number of nitrogens with zero attached hydrogens (tertiary/aromatic N) is 1. The van der Waals surface area contributed by atoms with Crippen LogP contribution < -0.4 is 0 Å². The molecule has 3 radical (unpaired) electrons. The molecule has 1 aromatic rings.